The second-order valence-electron chi connectivity index (χ2n) is 4.70. The second kappa shape index (κ2) is 7.24. The summed E-state index contributed by atoms with van der Waals surface area (Å²) in [5.74, 6) is 1.07. The van der Waals surface area contributed by atoms with E-state index in [2.05, 4.69) is 41.3 Å². The third kappa shape index (κ3) is 4.35. The van der Waals surface area contributed by atoms with Crippen LogP contribution in [0.3, 0.4) is 0 Å². The Labute approximate surface area is 122 Å². The van der Waals surface area contributed by atoms with Gasteiger partial charge in [-0.3, -0.25) is 4.79 Å². The average Bonchev–Trinajstić information content (AvgIpc) is 2.69. The maximum absolute atomic E-state index is 12.2. The molecule has 1 heterocycles. The van der Waals surface area contributed by atoms with Crippen molar-refractivity contribution in [2.24, 2.45) is 0 Å². The van der Waals surface area contributed by atoms with Gasteiger partial charge in [0.1, 0.15) is 5.69 Å². The molecule has 0 aliphatic rings. The summed E-state index contributed by atoms with van der Waals surface area (Å²) in [5.41, 5.74) is 0.716. The van der Waals surface area contributed by atoms with Gasteiger partial charge in [-0.05, 0) is 61.2 Å². The highest BCUT2D eigenvalue weighted by Crippen LogP contribution is 2.19. The van der Waals surface area contributed by atoms with Gasteiger partial charge in [0.05, 0.1) is 0 Å². The van der Waals surface area contributed by atoms with E-state index < -0.39 is 0 Å². The monoisotopic (exact) mass is 332 g/mol. The van der Waals surface area contributed by atoms with Crippen molar-refractivity contribution in [1.82, 2.24) is 9.88 Å². The smallest absolute Gasteiger partial charge is 0.268 e. The molecule has 1 rings (SSSR count). The third-order valence-corrected chi connectivity index (χ3v) is 3.81. The Morgan fingerprint density at radius 2 is 2.17 bits per heavy atom. The molecular formula is C13H21BrN2OS. The molecule has 0 aliphatic heterocycles. The molecule has 0 spiro atoms. The second-order valence-corrected chi connectivity index (χ2v) is 6.60. The van der Waals surface area contributed by atoms with Crippen molar-refractivity contribution in [3.63, 3.8) is 0 Å². The van der Waals surface area contributed by atoms with Crippen LogP contribution in [0.1, 0.15) is 43.7 Å². The van der Waals surface area contributed by atoms with Crippen LogP contribution in [0.25, 0.3) is 0 Å². The largest absolute Gasteiger partial charge is 0.348 e. The Kier molecular flexibility index (Phi) is 6.29. The first-order valence-corrected chi connectivity index (χ1v) is 8.31. The molecule has 1 aromatic rings. The molecule has 0 fully saturated rings. The van der Waals surface area contributed by atoms with E-state index in [1.165, 1.54) is 0 Å². The molecule has 18 heavy (non-hydrogen) atoms. The molecule has 1 aromatic heterocycles. The van der Waals surface area contributed by atoms with Crippen LogP contribution in [0.15, 0.2) is 16.7 Å². The summed E-state index contributed by atoms with van der Waals surface area (Å²) in [6.07, 6.45) is 5.03. The van der Waals surface area contributed by atoms with Crippen molar-refractivity contribution in [3.8, 4) is 0 Å². The molecule has 1 unspecified atom stereocenters. The zero-order chi connectivity index (χ0) is 13.7. The molecule has 0 radical (unpaired) electrons. The number of aromatic nitrogens is 1. The molecule has 5 heteroatoms. The normalized spacial score (nSPS) is 12.8. The number of rotatable bonds is 6. The van der Waals surface area contributed by atoms with Crippen molar-refractivity contribution in [3.05, 3.63) is 22.4 Å². The lowest BCUT2D eigenvalue weighted by molar-refractivity contribution is 0.0928. The highest BCUT2D eigenvalue weighted by molar-refractivity contribution is 9.10. The number of halogens is 1. The summed E-state index contributed by atoms with van der Waals surface area (Å²) in [6, 6.07) is 2.36. The maximum Gasteiger partial charge on any atom is 0.268 e. The SMILES string of the molecule is CSCCC(C)NC(=O)c1cc(Br)cn1C(C)C. The molecule has 1 N–H and O–H groups in total. The number of carbonyl (C=O) groups is 1. The predicted octanol–water partition coefficient (Wildman–Crippen LogP) is 3.70. The fourth-order valence-electron chi connectivity index (χ4n) is 1.72. The summed E-state index contributed by atoms with van der Waals surface area (Å²) >= 11 is 5.22. The van der Waals surface area contributed by atoms with Gasteiger partial charge in [-0.15, -0.1) is 0 Å². The van der Waals surface area contributed by atoms with Crippen molar-refractivity contribution in [2.45, 2.75) is 39.3 Å². The lowest BCUT2D eigenvalue weighted by atomic mass is 10.2. The molecule has 0 saturated carbocycles. The number of amides is 1. The van der Waals surface area contributed by atoms with E-state index >= 15 is 0 Å². The predicted molar refractivity (Wildman–Crippen MR) is 82.4 cm³/mol. The number of carbonyl (C=O) groups excluding carboxylic acids is 1. The minimum atomic E-state index is 0.00278. The highest BCUT2D eigenvalue weighted by atomic mass is 79.9. The zero-order valence-electron chi connectivity index (χ0n) is 11.4. The molecule has 102 valence electrons. The van der Waals surface area contributed by atoms with Crippen LogP contribution in [-0.2, 0) is 0 Å². The molecule has 0 saturated heterocycles. The van der Waals surface area contributed by atoms with E-state index in [-0.39, 0.29) is 18.0 Å². The summed E-state index contributed by atoms with van der Waals surface area (Å²) in [5, 5.41) is 3.05. The van der Waals surface area contributed by atoms with Gasteiger partial charge >= 0.3 is 0 Å². The van der Waals surface area contributed by atoms with Crippen LogP contribution in [0, 0.1) is 0 Å². The van der Waals surface area contributed by atoms with E-state index in [9.17, 15) is 4.79 Å². The van der Waals surface area contributed by atoms with E-state index in [1.807, 2.05) is 23.8 Å². The molecule has 3 nitrogen and oxygen atoms in total. The topological polar surface area (TPSA) is 34.0 Å². The number of thioether (sulfide) groups is 1. The first kappa shape index (κ1) is 15.6. The maximum atomic E-state index is 12.2. The minimum absolute atomic E-state index is 0.00278. The van der Waals surface area contributed by atoms with Gasteiger partial charge in [0.2, 0.25) is 0 Å². The summed E-state index contributed by atoms with van der Waals surface area (Å²) in [6.45, 7) is 6.19. The van der Waals surface area contributed by atoms with Crippen LogP contribution in [0.2, 0.25) is 0 Å². The Morgan fingerprint density at radius 3 is 2.72 bits per heavy atom. The number of nitrogens with zero attached hydrogens (tertiary/aromatic N) is 1. The Hall–Kier alpha value is -0.420. The van der Waals surface area contributed by atoms with Gasteiger partial charge in [-0.25, -0.2) is 0 Å². The van der Waals surface area contributed by atoms with Gasteiger partial charge in [-0.2, -0.15) is 11.8 Å². The van der Waals surface area contributed by atoms with Crippen molar-refractivity contribution in [1.29, 1.82) is 0 Å². The third-order valence-electron chi connectivity index (χ3n) is 2.74. The van der Waals surface area contributed by atoms with Crippen LogP contribution >= 0.6 is 27.7 Å². The van der Waals surface area contributed by atoms with Gasteiger partial charge < -0.3 is 9.88 Å². The van der Waals surface area contributed by atoms with Gasteiger partial charge in [0.15, 0.2) is 0 Å². The number of hydrogen-bond donors (Lipinski definition) is 1. The van der Waals surface area contributed by atoms with Crippen molar-refractivity contribution < 1.29 is 4.79 Å². The van der Waals surface area contributed by atoms with Crippen molar-refractivity contribution in [2.75, 3.05) is 12.0 Å². The lowest BCUT2D eigenvalue weighted by Crippen LogP contribution is -2.34. The van der Waals surface area contributed by atoms with E-state index in [4.69, 9.17) is 0 Å². The van der Waals surface area contributed by atoms with Crippen LogP contribution < -0.4 is 5.32 Å². The molecule has 0 aliphatic carbocycles. The molecule has 0 aromatic carbocycles. The first-order chi connectivity index (χ1) is 8.45. The Balaban J connectivity index is 2.72. The fraction of sp³-hybridized carbons (Fsp3) is 0.615. The van der Waals surface area contributed by atoms with E-state index in [0.717, 1.165) is 16.6 Å². The van der Waals surface area contributed by atoms with Crippen LogP contribution in [0.4, 0.5) is 0 Å². The van der Waals surface area contributed by atoms with Crippen molar-refractivity contribution >= 4 is 33.6 Å². The fourth-order valence-corrected chi connectivity index (χ4v) is 2.75. The summed E-state index contributed by atoms with van der Waals surface area (Å²) < 4.78 is 2.93. The number of hydrogen-bond acceptors (Lipinski definition) is 2. The molecule has 1 amide bonds. The highest BCUT2D eigenvalue weighted by Gasteiger charge is 2.16. The molecule has 1 atom stereocenters. The first-order valence-electron chi connectivity index (χ1n) is 6.13. The van der Waals surface area contributed by atoms with E-state index in [1.54, 1.807) is 11.8 Å². The molecular weight excluding hydrogens is 312 g/mol. The standard InChI is InChI=1S/C13H21BrN2OS/c1-9(2)16-8-11(14)7-12(16)13(17)15-10(3)5-6-18-4/h7-10H,5-6H2,1-4H3,(H,15,17). The van der Waals surface area contributed by atoms with Crippen LogP contribution in [0.5, 0.6) is 0 Å². The molecule has 0 bridgehead atoms. The zero-order valence-corrected chi connectivity index (χ0v) is 13.8. The summed E-state index contributed by atoms with van der Waals surface area (Å²) in [7, 11) is 0. The minimum Gasteiger partial charge on any atom is -0.348 e. The van der Waals surface area contributed by atoms with Crippen LogP contribution in [-0.4, -0.2) is 28.5 Å². The van der Waals surface area contributed by atoms with E-state index in [0.29, 0.717) is 5.69 Å². The summed E-state index contributed by atoms with van der Waals surface area (Å²) in [4.78, 5) is 12.2. The quantitative estimate of drug-likeness (QED) is 0.861. The Bertz CT molecular complexity index is 404. The van der Waals surface area contributed by atoms with Gasteiger partial charge in [0, 0.05) is 22.8 Å². The van der Waals surface area contributed by atoms with Gasteiger partial charge in [-0.1, -0.05) is 0 Å². The average molecular weight is 333 g/mol. The lowest BCUT2D eigenvalue weighted by Gasteiger charge is -2.16. The van der Waals surface area contributed by atoms with Gasteiger partial charge in [0.25, 0.3) is 5.91 Å². The number of nitrogens with one attached hydrogen (secondary N) is 1. The Morgan fingerprint density at radius 1 is 1.50 bits per heavy atom.